The smallest absolute Gasteiger partial charge is 0.287 e. The van der Waals surface area contributed by atoms with Gasteiger partial charge in [0.2, 0.25) is 0 Å². The minimum absolute atomic E-state index is 0.244. The molecule has 0 aromatic carbocycles. The second-order valence-electron chi connectivity index (χ2n) is 5.32. The topological polar surface area (TPSA) is 97.9 Å². The average Bonchev–Trinajstić information content (AvgIpc) is 3.29. The lowest BCUT2D eigenvalue weighted by Gasteiger charge is -2.08. The number of carbonyl (C=O) groups is 1. The summed E-state index contributed by atoms with van der Waals surface area (Å²) in [5.74, 6) is 0.844. The van der Waals surface area contributed by atoms with Crippen molar-refractivity contribution in [3.8, 4) is 0 Å². The van der Waals surface area contributed by atoms with E-state index in [-0.39, 0.29) is 5.91 Å². The van der Waals surface area contributed by atoms with Gasteiger partial charge in [-0.05, 0) is 24.8 Å². The Hall–Kier alpha value is -2.55. The first-order valence-corrected chi connectivity index (χ1v) is 9.28. The molecule has 0 spiro atoms. The van der Waals surface area contributed by atoms with E-state index in [1.165, 1.54) is 18.0 Å². The van der Waals surface area contributed by atoms with Crippen LogP contribution in [0.15, 0.2) is 34.2 Å². The van der Waals surface area contributed by atoms with Gasteiger partial charge in [0, 0.05) is 13.1 Å². The van der Waals surface area contributed by atoms with Crippen molar-refractivity contribution in [2.75, 3.05) is 24.7 Å². The summed E-state index contributed by atoms with van der Waals surface area (Å²) in [7, 11) is 0. The molecule has 0 saturated heterocycles. The van der Waals surface area contributed by atoms with Gasteiger partial charge in [0.25, 0.3) is 5.91 Å². The Balaban J connectivity index is 1.74. The number of fused-ring (bicyclic) bond motifs is 1. The van der Waals surface area contributed by atoms with E-state index in [1.807, 2.05) is 6.26 Å². The molecule has 132 valence electrons. The van der Waals surface area contributed by atoms with Crippen LogP contribution < -0.4 is 10.6 Å². The molecule has 0 atom stereocenters. The molecule has 8 nitrogen and oxygen atoms in total. The van der Waals surface area contributed by atoms with Gasteiger partial charge in [0.15, 0.2) is 16.6 Å². The van der Waals surface area contributed by atoms with Crippen LogP contribution in [0.5, 0.6) is 0 Å². The van der Waals surface area contributed by atoms with Gasteiger partial charge in [-0.3, -0.25) is 4.79 Å². The third-order valence-corrected chi connectivity index (χ3v) is 4.10. The third kappa shape index (κ3) is 3.93. The number of carbonyl (C=O) groups excluding carboxylic acids is 1. The maximum atomic E-state index is 11.9. The predicted octanol–water partition coefficient (Wildman–Crippen LogP) is 2.39. The molecule has 3 aromatic heterocycles. The monoisotopic (exact) mass is 360 g/mol. The molecule has 25 heavy (non-hydrogen) atoms. The van der Waals surface area contributed by atoms with Crippen LogP contribution in [0.2, 0.25) is 0 Å². The molecule has 0 saturated carbocycles. The Morgan fingerprint density at radius 1 is 1.36 bits per heavy atom. The number of amides is 1. The maximum Gasteiger partial charge on any atom is 0.287 e. The number of thioether (sulfide) groups is 1. The number of nitrogens with one attached hydrogen (secondary N) is 2. The summed E-state index contributed by atoms with van der Waals surface area (Å²) < 4.78 is 6.84. The van der Waals surface area contributed by atoms with Gasteiger partial charge in [0.05, 0.1) is 24.4 Å². The first kappa shape index (κ1) is 17.3. The van der Waals surface area contributed by atoms with E-state index in [0.717, 1.165) is 29.8 Å². The number of anilines is 1. The average molecular weight is 360 g/mol. The molecular weight excluding hydrogens is 340 g/mol. The van der Waals surface area contributed by atoms with Crippen molar-refractivity contribution in [2.24, 2.45) is 0 Å². The van der Waals surface area contributed by atoms with Crippen LogP contribution in [0.1, 0.15) is 23.9 Å². The Morgan fingerprint density at radius 3 is 2.96 bits per heavy atom. The highest BCUT2D eigenvalue weighted by atomic mass is 32.2. The Morgan fingerprint density at radius 2 is 2.24 bits per heavy atom. The Bertz CT molecular complexity index is 846. The molecule has 2 N–H and O–H groups in total. The van der Waals surface area contributed by atoms with Gasteiger partial charge >= 0.3 is 0 Å². The zero-order valence-electron chi connectivity index (χ0n) is 14.2. The molecular formula is C16H20N6O2S. The first-order chi connectivity index (χ1) is 12.2. The highest BCUT2D eigenvalue weighted by Crippen LogP contribution is 2.23. The van der Waals surface area contributed by atoms with Crippen LogP contribution in [0, 0.1) is 0 Å². The molecule has 3 heterocycles. The number of hydrogen-bond acceptors (Lipinski definition) is 7. The lowest BCUT2D eigenvalue weighted by Crippen LogP contribution is -2.27. The third-order valence-electron chi connectivity index (χ3n) is 3.55. The summed E-state index contributed by atoms with van der Waals surface area (Å²) >= 11 is 1.48. The van der Waals surface area contributed by atoms with Crippen LogP contribution >= 0.6 is 11.8 Å². The number of hydrogen-bond donors (Lipinski definition) is 2. The number of rotatable bonds is 8. The molecule has 0 bridgehead atoms. The van der Waals surface area contributed by atoms with E-state index in [9.17, 15) is 4.79 Å². The largest absolute Gasteiger partial charge is 0.459 e. The number of nitrogens with zero attached hydrogens (tertiary/aromatic N) is 4. The summed E-state index contributed by atoms with van der Waals surface area (Å²) in [6.07, 6.45) is 6.18. The first-order valence-electron chi connectivity index (χ1n) is 8.06. The lowest BCUT2D eigenvalue weighted by atomic mass is 10.3. The number of aromatic nitrogens is 4. The van der Waals surface area contributed by atoms with Crippen LogP contribution in [0.4, 0.5) is 5.82 Å². The van der Waals surface area contributed by atoms with Gasteiger partial charge in [0.1, 0.15) is 5.82 Å². The van der Waals surface area contributed by atoms with E-state index in [2.05, 4.69) is 32.6 Å². The standard InChI is InChI=1S/C16H20N6O2S/c1-3-6-17-13-11-10-19-22(14(11)21-16(20-13)25-2)8-7-18-15(23)12-5-4-9-24-12/h4-5,9-10H,3,6-8H2,1-2H3,(H,18,23)(H,17,20,21). The van der Waals surface area contributed by atoms with Crippen molar-refractivity contribution in [1.82, 2.24) is 25.1 Å². The SMILES string of the molecule is CCCNc1nc(SC)nc2c1cnn2CCNC(=O)c1ccco1. The molecule has 0 aliphatic rings. The Kier molecular flexibility index (Phi) is 5.54. The van der Waals surface area contributed by atoms with Crippen LogP contribution in [-0.4, -0.2) is 45.0 Å². The van der Waals surface area contributed by atoms with E-state index in [1.54, 1.807) is 23.0 Å². The van der Waals surface area contributed by atoms with Gasteiger partial charge in [-0.1, -0.05) is 18.7 Å². The van der Waals surface area contributed by atoms with Crippen molar-refractivity contribution >= 4 is 34.5 Å². The molecule has 0 unspecified atom stereocenters. The minimum atomic E-state index is -0.244. The number of furan rings is 1. The molecule has 3 aromatic rings. The highest BCUT2D eigenvalue weighted by Gasteiger charge is 2.13. The zero-order chi connectivity index (χ0) is 17.6. The molecule has 0 aliphatic heterocycles. The summed E-state index contributed by atoms with van der Waals surface area (Å²) in [4.78, 5) is 21.0. The molecule has 0 radical (unpaired) electrons. The second-order valence-corrected chi connectivity index (χ2v) is 6.10. The molecule has 3 rings (SSSR count). The van der Waals surface area contributed by atoms with E-state index >= 15 is 0 Å². The summed E-state index contributed by atoms with van der Waals surface area (Å²) in [6, 6.07) is 3.31. The van der Waals surface area contributed by atoms with Crippen molar-refractivity contribution < 1.29 is 9.21 Å². The van der Waals surface area contributed by atoms with E-state index in [0.29, 0.717) is 24.0 Å². The summed E-state index contributed by atoms with van der Waals surface area (Å²) in [6.45, 7) is 3.87. The maximum absolute atomic E-state index is 11.9. The normalized spacial score (nSPS) is 11.0. The molecule has 9 heteroatoms. The van der Waals surface area contributed by atoms with Crippen LogP contribution in [0.25, 0.3) is 11.0 Å². The van der Waals surface area contributed by atoms with Crippen LogP contribution in [0.3, 0.4) is 0 Å². The molecule has 0 fully saturated rings. The minimum Gasteiger partial charge on any atom is -0.459 e. The fourth-order valence-electron chi connectivity index (χ4n) is 2.34. The van der Waals surface area contributed by atoms with Gasteiger partial charge in [-0.2, -0.15) is 5.10 Å². The molecule has 1 amide bonds. The van der Waals surface area contributed by atoms with Crippen molar-refractivity contribution in [2.45, 2.75) is 25.0 Å². The predicted molar refractivity (Wildman–Crippen MR) is 96.9 cm³/mol. The van der Waals surface area contributed by atoms with Gasteiger partial charge in [-0.25, -0.2) is 14.6 Å². The second kappa shape index (κ2) is 8.02. The van der Waals surface area contributed by atoms with Gasteiger partial charge in [-0.15, -0.1) is 0 Å². The fraction of sp³-hybridized carbons (Fsp3) is 0.375. The van der Waals surface area contributed by atoms with Crippen molar-refractivity contribution in [3.63, 3.8) is 0 Å². The summed E-state index contributed by atoms with van der Waals surface area (Å²) in [5, 5.41) is 12.1. The fourth-order valence-corrected chi connectivity index (χ4v) is 2.70. The quantitative estimate of drug-likeness (QED) is 0.470. The highest BCUT2D eigenvalue weighted by molar-refractivity contribution is 7.98. The van der Waals surface area contributed by atoms with Crippen molar-refractivity contribution in [3.05, 3.63) is 30.4 Å². The Labute approximate surface area is 149 Å². The zero-order valence-corrected chi connectivity index (χ0v) is 15.0. The van der Waals surface area contributed by atoms with E-state index < -0.39 is 0 Å². The van der Waals surface area contributed by atoms with Crippen molar-refractivity contribution in [1.29, 1.82) is 0 Å². The lowest BCUT2D eigenvalue weighted by molar-refractivity contribution is 0.0924. The van der Waals surface area contributed by atoms with Gasteiger partial charge < -0.3 is 15.1 Å². The summed E-state index contributed by atoms with van der Waals surface area (Å²) in [5.41, 5.74) is 0.755. The molecule has 0 aliphatic carbocycles. The van der Waals surface area contributed by atoms with E-state index in [4.69, 9.17) is 4.42 Å². The van der Waals surface area contributed by atoms with Crippen LogP contribution in [-0.2, 0) is 6.54 Å².